The monoisotopic (exact) mass is 305 g/mol. The van der Waals surface area contributed by atoms with Crippen LogP contribution in [0.2, 0.25) is 0 Å². The Morgan fingerprint density at radius 3 is 2.30 bits per heavy atom. The van der Waals surface area contributed by atoms with Crippen molar-refractivity contribution in [1.29, 1.82) is 0 Å². The SMILES string of the molecule is CC1CN(S(=O)(=O)N2CCCC(C(C)N)C2)CC(C)O1. The van der Waals surface area contributed by atoms with Crippen molar-refractivity contribution in [2.75, 3.05) is 26.2 Å². The second-order valence-electron chi connectivity index (χ2n) is 6.20. The Balaban J connectivity index is 2.09. The van der Waals surface area contributed by atoms with Gasteiger partial charge in [-0.2, -0.15) is 17.0 Å². The number of hydrogen-bond donors (Lipinski definition) is 1. The minimum atomic E-state index is -3.39. The van der Waals surface area contributed by atoms with Gasteiger partial charge in [0.05, 0.1) is 12.2 Å². The summed E-state index contributed by atoms with van der Waals surface area (Å²) in [5, 5.41) is 0. The van der Waals surface area contributed by atoms with E-state index >= 15 is 0 Å². The smallest absolute Gasteiger partial charge is 0.282 e. The second-order valence-corrected chi connectivity index (χ2v) is 8.13. The van der Waals surface area contributed by atoms with Crippen LogP contribution in [0.25, 0.3) is 0 Å². The largest absolute Gasteiger partial charge is 0.373 e. The molecular weight excluding hydrogens is 278 g/mol. The summed E-state index contributed by atoms with van der Waals surface area (Å²) in [4.78, 5) is 0. The van der Waals surface area contributed by atoms with Crippen molar-refractivity contribution in [3.8, 4) is 0 Å². The quantitative estimate of drug-likeness (QED) is 0.819. The molecule has 6 nitrogen and oxygen atoms in total. The Hall–Kier alpha value is -0.210. The zero-order valence-corrected chi connectivity index (χ0v) is 13.5. The molecule has 2 saturated heterocycles. The molecule has 0 saturated carbocycles. The molecule has 2 N–H and O–H groups in total. The lowest BCUT2D eigenvalue weighted by atomic mass is 9.93. The van der Waals surface area contributed by atoms with E-state index in [1.165, 1.54) is 0 Å². The Bertz CT molecular complexity index is 417. The molecule has 0 bridgehead atoms. The van der Waals surface area contributed by atoms with Crippen molar-refractivity contribution < 1.29 is 13.2 Å². The number of ether oxygens (including phenoxy) is 1. The van der Waals surface area contributed by atoms with Crippen molar-refractivity contribution in [3.05, 3.63) is 0 Å². The van der Waals surface area contributed by atoms with Crippen LogP contribution in [-0.4, -0.2) is 61.5 Å². The maximum Gasteiger partial charge on any atom is 0.282 e. The number of piperidine rings is 1. The molecule has 2 rings (SSSR count). The van der Waals surface area contributed by atoms with Crippen LogP contribution in [0.4, 0.5) is 0 Å². The molecule has 4 atom stereocenters. The average molecular weight is 305 g/mol. The van der Waals surface area contributed by atoms with Gasteiger partial charge in [-0.3, -0.25) is 0 Å². The zero-order valence-electron chi connectivity index (χ0n) is 12.7. The highest BCUT2D eigenvalue weighted by atomic mass is 32.2. The lowest BCUT2D eigenvalue weighted by molar-refractivity contribution is -0.0457. The van der Waals surface area contributed by atoms with Gasteiger partial charge in [0.15, 0.2) is 0 Å². The number of morpholine rings is 1. The third-order valence-corrected chi connectivity index (χ3v) is 6.14. The summed E-state index contributed by atoms with van der Waals surface area (Å²) in [5.41, 5.74) is 5.94. The van der Waals surface area contributed by atoms with Crippen LogP contribution >= 0.6 is 0 Å². The van der Waals surface area contributed by atoms with Crippen LogP contribution < -0.4 is 5.73 Å². The molecular formula is C13H27N3O3S. The molecule has 7 heteroatoms. The normalized spacial score (nSPS) is 35.9. The molecule has 0 aromatic heterocycles. The fourth-order valence-corrected chi connectivity index (χ4v) is 4.96. The van der Waals surface area contributed by atoms with E-state index < -0.39 is 10.2 Å². The summed E-state index contributed by atoms with van der Waals surface area (Å²) in [6.45, 7) is 7.81. The molecule has 2 aliphatic heterocycles. The van der Waals surface area contributed by atoms with Gasteiger partial charge < -0.3 is 10.5 Å². The van der Waals surface area contributed by atoms with E-state index in [1.807, 2.05) is 20.8 Å². The van der Waals surface area contributed by atoms with Gasteiger partial charge in [-0.05, 0) is 39.5 Å². The third-order valence-electron chi connectivity index (χ3n) is 4.20. The lowest BCUT2D eigenvalue weighted by Gasteiger charge is -2.40. The maximum atomic E-state index is 12.8. The minimum Gasteiger partial charge on any atom is -0.373 e. The second kappa shape index (κ2) is 6.27. The molecule has 0 aromatic carbocycles. The number of hydrogen-bond acceptors (Lipinski definition) is 4. The topological polar surface area (TPSA) is 75.9 Å². The first-order valence-corrected chi connectivity index (χ1v) is 8.86. The predicted molar refractivity (Wildman–Crippen MR) is 78.4 cm³/mol. The van der Waals surface area contributed by atoms with Crippen molar-refractivity contribution in [2.24, 2.45) is 11.7 Å². The molecule has 2 aliphatic rings. The van der Waals surface area contributed by atoms with Crippen molar-refractivity contribution in [3.63, 3.8) is 0 Å². The van der Waals surface area contributed by atoms with Gasteiger partial charge in [-0.1, -0.05) is 0 Å². The first-order valence-electron chi connectivity index (χ1n) is 7.47. The van der Waals surface area contributed by atoms with E-state index in [2.05, 4.69) is 0 Å². The number of nitrogens with two attached hydrogens (primary N) is 1. The van der Waals surface area contributed by atoms with Crippen molar-refractivity contribution in [1.82, 2.24) is 8.61 Å². The molecule has 118 valence electrons. The average Bonchev–Trinajstić information content (AvgIpc) is 2.37. The number of rotatable bonds is 3. The fourth-order valence-electron chi connectivity index (χ4n) is 3.10. The summed E-state index contributed by atoms with van der Waals surface area (Å²) in [6.07, 6.45) is 1.80. The summed E-state index contributed by atoms with van der Waals surface area (Å²) >= 11 is 0. The van der Waals surface area contributed by atoms with Gasteiger partial charge in [0, 0.05) is 32.2 Å². The highest BCUT2D eigenvalue weighted by Gasteiger charge is 2.37. The molecule has 20 heavy (non-hydrogen) atoms. The van der Waals surface area contributed by atoms with E-state index in [9.17, 15) is 8.42 Å². The number of nitrogens with zero attached hydrogens (tertiary/aromatic N) is 2. The third kappa shape index (κ3) is 3.51. The molecule has 0 radical (unpaired) electrons. The van der Waals surface area contributed by atoms with Crippen LogP contribution in [0.1, 0.15) is 33.6 Å². The summed E-state index contributed by atoms with van der Waals surface area (Å²) < 4.78 is 34.3. The predicted octanol–water partition coefficient (Wildman–Crippen LogP) is 0.400. The van der Waals surface area contributed by atoms with Crippen molar-refractivity contribution >= 4 is 10.2 Å². The highest BCUT2D eigenvalue weighted by molar-refractivity contribution is 7.86. The Morgan fingerprint density at radius 1 is 1.15 bits per heavy atom. The van der Waals surface area contributed by atoms with E-state index in [1.54, 1.807) is 8.61 Å². The molecule has 0 spiro atoms. The molecule has 2 fully saturated rings. The fraction of sp³-hybridized carbons (Fsp3) is 1.00. The van der Waals surface area contributed by atoms with E-state index in [-0.39, 0.29) is 24.2 Å². The van der Waals surface area contributed by atoms with E-state index in [4.69, 9.17) is 10.5 Å². The molecule has 0 aromatic rings. The zero-order chi connectivity index (χ0) is 14.9. The van der Waals surface area contributed by atoms with Crippen LogP contribution in [-0.2, 0) is 14.9 Å². The minimum absolute atomic E-state index is 0.0375. The van der Waals surface area contributed by atoms with Gasteiger partial charge in [0.2, 0.25) is 0 Å². The van der Waals surface area contributed by atoms with E-state index in [0.717, 1.165) is 12.8 Å². The first-order chi connectivity index (χ1) is 9.30. The molecule has 0 aliphatic carbocycles. The molecule has 4 unspecified atom stereocenters. The highest BCUT2D eigenvalue weighted by Crippen LogP contribution is 2.24. The van der Waals surface area contributed by atoms with E-state index in [0.29, 0.717) is 26.2 Å². The van der Waals surface area contributed by atoms with Crippen molar-refractivity contribution in [2.45, 2.75) is 51.9 Å². The van der Waals surface area contributed by atoms with Crippen LogP contribution in [0.3, 0.4) is 0 Å². The van der Waals surface area contributed by atoms with Crippen LogP contribution in [0, 0.1) is 5.92 Å². The Labute approximate surface area is 122 Å². The maximum absolute atomic E-state index is 12.8. The van der Waals surface area contributed by atoms with Gasteiger partial charge >= 0.3 is 0 Å². The molecule has 2 heterocycles. The standard InChI is InChI=1S/C13H27N3O3S/c1-10-7-16(8-11(2)19-10)20(17,18)15-6-4-5-13(9-15)12(3)14/h10-13H,4-9,14H2,1-3H3. The Kier molecular flexibility index (Phi) is 5.07. The van der Waals surface area contributed by atoms with Gasteiger partial charge in [0.25, 0.3) is 10.2 Å². The van der Waals surface area contributed by atoms with Crippen LogP contribution in [0.5, 0.6) is 0 Å². The summed E-state index contributed by atoms with van der Waals surface area (Å²) in [6, 6.07) is 0.0375. The first kappa shape index (κ1) is 16.2. The van der Waals surface area contributed by atoms with Gasteiger partial charge in [-0.25, -0.2) is 0 Å². The summed E-state index contributed by atoms with van der Waals surface area (Å²) in [5.74, 6) is 0.259. The molecule has 0 amide bonds. The van der Waals surface area contributed by atoms with Gasteiger partial charge in [-0.15, -0.1) is 0 Å². The van der Waals surface area contributed by atoms with Gasteiger partial charge in [0.1, 0.15) is 0 Å². The lowest BCUT2D eigenvalue weighted by Crippen LogP contribution is -2.55. The Morgan fingerprint density at radius 2 is 1.75 bits per heavy atom. The van der Waals surface area contributed by atoms with Crippen LogP contribution in [0.15, 0.2) is 0 Å². The summed E-state index contributed by atoms with van der Waals surface area (Å²) in [7, 11) is -3.39.